The van der Waals surface area contributed by atoms with Crippen molar-refractivity contribution in [1.29, 1.82) is 5.26 Å². The first-order chi connectivity index (χ1) is 8.60. The molecule has 0 fully saturated rings. The molecule has 0 radical (unpaired) electrons. The van der Waals surface area contributed by atoms with Crippen molar-refractivity contribution >= 4 is 17.1 Å². The Hall–Kier alpha value is -2.47. The molecule has 0 aromatic heterocycles. The molecule has 0 aliphatic carbocycles. The molecule has 0 unspecified atom stereocenters. The monoisotopic (exact) mass is 237 g/mol. The van der Waals surface area contributed by atoms with Crippen molar-refractivity contribution in [2.24, 2.45) is 0 Å². The summed E-state index contributed by atoms with van der Waals surface area (Å²) in [7, 11) is 0. The first-order valence-electron chi connectivity index (χ1n) is 5.74. The van der Waals surface area contributed by atoms with Gasteiger partial charge in [-0.05, 0) is 43.7 Å². The van der Waals surface area contributed by atoms with Gasteiger partial charge < -0.3 is 11.1 Å². The van der Waals surface area contributed by atoms with Crippen molar-refractivity contribution in [3.63, 3.8) is 0 Å². The maximum absolute atomic E-state index is 8.94. The molecule has 3 heteroatoms. The topological polar surface area (TPSA) is 61.8 Å². The number of nitrogen functional groups attached to an aromatic ring is 1. The van der Waals surface area contributed by atoms with E-state index in [4.69, 9.17) is 11.0 Å². The van der Waals surface area contributed by atoms with E-state index in [0.717, 1.165) is 11.4 Å². The predicted molar refractivity (Wildman–Crippen MR) is 74.8 cm³/mol. The normalized spacial score (nSPS) is 9.83. The average molecular weight is 237 g/mol. The molecule has 2 aromatic carbocycles. The van der Waals surface area contributed by atoms with Gasteiger partial charge in [0, 0.05) is 17.1 Å². The Morgan fingerprint density at radius 1 is 1.11 bits per heavy atom. The molecule has 2 aromatic rings. The number of nitrogens with two attached hydrogens (primary N) is 1. The number of rotatable bonds is 2. The van der Waals surface area contributed by atoms with Crippen LogP contribution in [0.1, 0.15) is 16.7 Å². The molecule has 0 bridgehead atoms. The number of nitrogens with zero attached hydrogens (tertiary/aromatic N) is 1. The standard InChI is InChI=1S/C15H15N3/c1-10-3-6-15(11(2)7-10)18-13-4-5-14(17)12(8-13)9-16/h3-8,18H,17H2,1-2H3. The molecule has 0 aliphatic rings. The van der Waals surface area contributed by atoms with Gasteiger partial charge >= 0.3 is 0 Å². The fourth-order valence-corrected chi connectivity index (χ4v) is 1.84. The van der Waals surface area contributed by atoms with Crippen LogP contribution in [0.2, 0.25) is 0 Å². The van der Waals surface area contributed by atoms with E-state index in [1.807, 2.05) is 12.1 Å². The predicted octanol–water partition coefficient (Wildman–Crippen LogP) is 3.50. The highest BCUT2D eigenvalue weighted by Crippen LogP contribution is 2.24. The van der Waals surface area contributed by atoms with E-state index in [9.17, 15) is 0 Å². The summed E-state index contributed by atoms with van der Waals surface area (Å²) in [6.07, 6.45) is 0. The molecular weight excluding hydrogens is 222 g/mol. The minimum atomic E-state index is 0.491. The summed E-state index contributed by atoms with van der Waals surface area (Å²) < 4.78 is 0. The highest BCUT2D eigenvalue weighted by molar-refractivity contribution is 5.68. The number of hydrogen-bond acceptors (Lipinski definition) is 3. The lowest BCUT2D eigenvalue weighted by atomic mass is 10.1. The van der Waals surface area contributed by atoms with Gasteiger partial charge in [-0.25, -0.2) is 0 Å². The van der Waals surface area contributed by atoms with E-state index in [1.54, 1.807) is 12.1 Å². The molecule has 0 amide bonds. The summed E-state index contributed by atoms with van der Waals surface area (Å²) >= 11 is 0. The second kappa shape index (κ2) is 4.80. The van der Waals surface area contributed by atoms with Gasteiger partial charge in [0.05, 0.1) is 5.56 Å². The molecule has 18 heavy (non-hydrogen) atoms. The van der Waals surface area contributed by atoms with Crippen LogP contribution >= 0.6 is 0 Å². The van der Waals surface area contributed by atoms with Crippen LogP contribution in [0.4, 0.5) is 17.1 Å². The first-order valence-corrected chi connectivity index (χ1v) is 5.74. The average Bonchev–Trinajstić information content (AvgIpc) is 2.35. The van der Waals surface area contributed by atoms with E-state index in [0.29, 0.717) is 11.3 Å². The number of nitrogens with one attached hydrogen (secondary N) is 1. The molecule has 0 heterocycles. The Balaban J connectivity index is 2.32. The van der Waals surface area contributed by atoms with Gasteiger partial charge in [0.2, 0.25) is 0 Å². The Kier molecular flexibility index (Phi) is 3.20. The third-order valence-corrected chi connectivity index (χ3v) is 2.83. The summed E-state index contributed by atoms with van der Waals surface area (Å²) in [6.45, 7) is 4.12. The zero-order valence-electron chi connectivity index (χ0n) is 10.5. The summed E-state index contributed by atoms with van der Waals surface area (Å²) in [4.78, 5) is 0. The fraction of sp³-hybridized carbons (Fsp3) is 0.133. The summed E-state index contributed by atoms with van der Waals surface area (Å²) in [5.41, 5.74) is 11.0. The summed E-state index contributed by atoms with van der Waals surface area (Å²) in [5.74, 6) is 0. The van der Waals surface area contributed by atoms with Crippen LogP contribution in [-0.2, 0) is 0 Å². The Morgan fingerprint density at radius 3 is 2.56 bits per heavy atom. The lowest BCUT2D eigenvalue weighted by Crippen LogP contribution is -1.96. The van der Waals surface area contributed by atoms with Crippen molar-refractivity contribution in [3.8, 4) is 6.07 Å². The highest BCUT2D eigenvalue weighted by Gasteiger charge is 2.02. The minimum Gasteiger partial charge on any atom is -0.398 e. The van der Waals surface area contributed by atoms with Crippen LogP contribution in [0.25, 0.3) is 0 Å². The largest absolute Gasteiger partial charge is 0.398 e. The molecule has 0 atom stereocenters. The molecule has 0 aliphatic heterocycles. The molecule has 0 spiro atoms. The molecule has 0 saturated heterocycles. The van der Waals surface area contributed by atoms with Gasteiger partial charge in [0.1, 0.15) is 6.07 Å². The molecule has 0 saturated carbocycles. The van der Waals surface area contributed by atoms with Crippen LogP contribution < -0.4 is 11.1 Å². The highest BCUT2D eigenvalue weighted by atomic mass is 14.9. The number of anilines is 3. The zero-order valence-corrected chi connectivity index (χ0v) is 10.5. The second-order valence-electron chi connectivity index (χ2n) is 4.36. The van der Waals surface area contributed by atoms with Gasteiger partial charge in [-0.2, -0.15) is 5.26 Å². The Bertz CT molecular complexity index is 624. The van der Waals surface area contributed by atoms with Crippen molar-refractivity contribution in [1.82, 2.24) is 0 Å². The van der Waals surface area contributed by atoms with Crippen LogP contribution in [-0.4, -0.2) is 0 Å². The van der Waals surface area contributed by atoms with Gasteiger partial charge in [0.15, 0.2) is 0 Å². The van der Waals surface area contributed by atoms with Gasteiger partial charge in [-0.3, -0.25) is 0 Å². The SMILES string of the molecule is Cc1ccc(Nc2ccc(N)c(C#N)c2)c(C)c1. The van der Waals surface area contributed by atoms with E-state index < -0.39 is 0 Å². The van der Waals surface area contributed by atoms with E-state index >= 15 is 0 Å². The number of aryl methyl sites for hydroxylation is 2. The maximum atomic E-state index is 8.94. The second-order valence-corrected chi connectivity index (χ2v) is 4.36. The van der Waals surface area contributed by atoms with Crippen molar-refractivity contribution in [3.05, 3.63) is 53.1 Å². The number of nitriles is 1. The Labute approximate surface area is 107 Å². The quantitative estimate of drug-likeness (QED) is 0.786. The summed E-state index contributed by atoms with van der Waals surface area (Å²) in [5, 5.41) is 12.2. The van der Waals surface area contributed by atoms with Crippen molar-refractivity contribution < 1.29 is 0 Å². The van der Waals surface area contributed by atoms with Gasteiger partial charge in [-0.1, -0.05) is 17.7 Å². The van der Waals surface area contributed by atoms with Crippen LogP contribution in [0.5, 0.6) is 0 Å². The van der Waals surface area contributed by atoms with Gasteiger partial charge in [-0.15, -0.1) is 0 Å². The third-order valence-electron chi connectivity index (χ3n) is 2.83. The van der Waals surface area contributed by atoms with E-state index in [-0.39, 0.29) is 0 Å². The van der Waals surface area contributed by atoms with Gasteiger partial charge in [0.25, 0.3) is 0 Å². The lowest BCUT2D eigenvalue weighted by Gasteiger charge is -2.11. The Morgan fingerprint density at radius 2 is 1.89 bits per heavy atom. The molecular formula is C15H15N3. The smallest absolute Gasteiger partial charge is 0.101 e. The lowest BCUT2D eigenvalue weighted by molar-refractivity contribution is 1.37. The summed E-state index contributed by atoms with van der Waals surface area (Å²) in [6, 6.07) is 13.7. The molecule has 90 valence electrons. The van der Waals surface area contributed by atoms with Crippen LogP contribution in [0, 0.1) is 25.2 Å². The number of hydrogen-bond donors (Lipinski definition) is 2. The minimum absolute atomic E-state index is 0.491. The fourth-order valence-electron chi connectivity index (χ4n) is 1.84. The van der Waals surface area contributed by atoms with Crippen LogP contribution in [0.15, 0.2) is 36.4 Å². The zero-order chi connectivity index (χ0) is 13.1. The third kappa shape index (κ3) is 2.44. The number of benzene rings is 2. The van der Waals surface area contributed by atoms with Crippen LogP contribution in [0.3, 0.4) is 0 Å². The van der Waals surface area contributed by atoms with E-state index in [2.05, 4.69) is 37.4 Å². The van der Waals surface area contributed by atoms with Crippen molar-refractivity contribution in [2.75, 3.05) is 11.1 Å². The van der Waals surface area contributed by atoms with E-state index in [1.165, 1.54) is 11.1 Å². The molecule has 3 nitrogen and oxygen atoms in total. The maximum Gasteiger partial charge on any atom is 0.101 e. The molecule has 3 N–H and O–H groups in total. The first kappa shape index (κ1) is 12.0. The van der Waals surface area contributed by atoms with Crippen molar-refractivity contribution in [2.45, 2.75) is 13.8 Å². The molecule has 2 rings (SSSR count).